The molecule has 106 valence electrons. The molecule has 0 saturated carbocycles. The molecule has 18 heavy (non-hydrogen) atoms. The van der Waals surface area contributed by atoms with E-state index in [1.165, 1.54) is 13.8 Å². The van der Waals surface area contributed by atoms with Crippen LogP contribution < -0.4 is 0 Å². The standard InChI is InChI=1S/C10H15F3O5/c1-8(2)17-5-4-16-7(15-3)9(14,6(5)18-8)10(11,12)13/h5-7,14H,4H2,1-3H3/t5-,6?,7-,9?/m1/s1. The largest absolute Gasteiger partial charge is 0.425 e. The zero-order valence-electron chi connectivity index (χ0n) is 10.2. The summed E-state index contributed by atoms with van der Waals surface area (Å²) in [4.78, 5) is 0. The van der Waals surface area contributed by atoms with Gasteiger partial charge in [0.1, 0.15) is 12.2 Å². The summed E-state index contributed by atoms with van der Waals surface area (Å²) in [5.74, 6) is -1.21. The Balaban J connectivity index is 2.38. The Hall–Kier alpha value is -0.410. The highest BCUT2D eigenvalue weighted by atomic mass is 19.4. The van der Waals surface area contributed by atoms with Gasteiger partial charge in [-0.1, -0.05) is 0 Å². The highest BCUT2D eigenvalue weighted by molar-refractivity contribution is 5.06. The fraction of sp³-hybridized carbons (Fsp3) is 1.00. The minimum absolute atomic E-state index is 0.134. The first-order valence-corrected chi connectivity index (χ1v) is 5.41. The van der Waals surface area contributed by atoms with Gasteiger partial charge in [0.2, 0.25) is 5.60 Å². The zero-order chi connectivity index (χ0) is 13.8. The van der Waals surface area contributed by atoms with Crippen LogP contribution in [0.5, 0.6) is 0 Å². The van der Waals surface area contributed by atoms with Gasteiger partial charge in [0.25, 0.3) is 0 Å². The quantitative estimate of drug-likeness (QED) is 0.765. The summed E-state index contributed by atoms with van der Waals surface area (Å²) >= 11 is 0. The van der Waals surface area contributed by atoms with E-state index < -0.39 is 36.1 Å². The molecule has 0 aromatic carbocycles. The molecular weight excluding hydrogens is 257 g/mol. The van der Waals surface area contributed by atoms with Crippen molar-refractivity contribution in [1.29, 1.82) is 0 Å². The topological polar surface area (TPSA) is 57.2 Å². The van der Waals surface area contributed by atoms with E-state index >= 15 is 0 Å². The number of ether oxygens (including phenoxy) is 4. The molecule has 2 aliphatic rings. The molecule has 0 spiro atoms. The molecule has 2 unspecified atom stereocenters. The van der Waals surface area contributed by atoms with Crippen molar-refractivity contribution in [3.8, 4) is 0 Å². The predicted octanol–water partition coefficient (Wildman–Crippen LogP) is 0.803. The van der Waals surface area contributed by atoms with E-state index in [0.717, 1.165) is 7.11 Å². The molecule has 0 amide bonds. The van der Waals surface area contributed by atoms with Crippen LogP contribution in [0.15, 0.2) is 0 Å². The summed E-state index contributed by atoms with van der Waals surface area (Å²) in [5.41, 5.74) is -3.25. The second kappa shape index (κ2) is 4.04. The number of halogens is 3. The SMILES string of the molecule is CO[C@@H]1OC[C@H]2OC(C)(C)OC2C1(O)C(F)(F)F. The number of alkyl halides is 3. The van der Waals surface area contributed by atoms with Crippen LogP contribution in [0.3, 0.4) is 0 Å². The van der Waals surface area contributed by atoms with Crippen molar-refractivity contribution in [3.63, 3.8) is 0 Å². The van der Waals surface area contributed by atoms with Crippen LogP contribution in [0.2, 0.25) is 0 Å². The fourth-order valence-electron chi connectivity index (χ4n) is 2.32. The Bertz CT molecular complexity index is 332. The molecule has 0 bridgehead atoms. The van der Waals surface area contributed by atoms with Crippen molar-refractivity contribution in [2.75, 3.05) is 13.7 Å². The molecule has 0 aromatic heterocycles. The van der Waals surface area contributed by atoms with Crippen molar-refractivity contribution in [3.05, 3.63) is 0 Å². The number of hydrogen-bond donors (Lipinski definition) is 1. The Morgan fingerprint density at radius 3 is 2.39 bits per heavy atom. The monoisotopic (exact) mass is 272 g/mol. The van der Waals surface area contributed by atoms with Crippen LogP contribution in [0, 0.1) is 0 Å². The molecule has 2 heterocycles. The minimum Gasteiger partial charge on any atom is -0.375 e. The molecule has 5 nitrogen and oxygen atoms in total. The third-order valence-corrected chi connectivity index (χ3v) is 3.06. The summed E-state index contributed by atoms with van der Waals surface area (Å²) in [7, 11) is 1.03. The lowest BCUT2D eigenvalue weighted by Gasteiger charge is -2.44. The van der Waals surface area contributed by atoms with Crippen molar-refractivity contribution < 1.29 is 37.2 Å². The van der Waals surface area contributed by atoms with E-state index in [1.54, 1.807) is 0 Å². The third-order valence-electron chi connectivity index (χ3n) is 3.06. The number of hydrogen-bond acceptors (Lipinski definition) is 5. The van der Waals surface area contributed by atoms with E-state index in [0.29, 0.717) is 0 Å². The number of rotatable bonds is 1. The van der Waals surface area contributed by atoms with Crippen LogP contribution in [-0.4, -0.2) is 54.9 Å². The molecule has 2 rings (SSSR count). The minimum atomic E-state index is -4.96. The van der Waals surface area contributed by atoms with Crippen LogP contribution in [-0.2, 0) is 18.9 Å². The van der Waals surface area contributed by atoms with Gasteiger partial charge < -0.3 is 24.1 Å². The van der Waals surface area contributed by atoms with Gasteiger partial charge in [0.05, 0.1) is 6.61 Å². The second-order valence-corrected chi connectivity index (χ2v) is 4.82. The van der Waals surface area contributed by atoms with Crippen LogP contribution in [0.4, 0.5) is 13.2 Å². The zero-order valence-corrected chi connectivity index (χ0v) is 10.2. The Morgan fingerprint density at radius 1 is 1.28 bits per heavy atom. The average Bonchev–Trinajstić information content (AvgIpc) is 2.53. The molecule has 0 aliphatic carbocycles. The highest BCUT2D eigenvalue weighted by Gasteiger charge is 2.71. The van der Waals surface area contributed by atoms with Gasteiger partial charge in [0, 0.05) is 7.11 Å². The van der Waals surface area contributed by atoms with Gasteiger partial charge >= 0.3 is 6.18 Å². The van der Waals surface area contributed by atoms with Crippen LogP contribution in [0.25, 0.3) is 0 Å². The molecule has 0 radical (unpaired) electrons. The Morgan fingerprint density at radius 2 is 1.89 bits per heavy atom. The fourth-order valence-corrected chi connectivity index (χ4v) is 2.32. The molecular formula is C10H15F3O5. The maximum atomic E-state index is 13.1. The van der Waals surface area contributed by atoms with E-state index in [-0.39, 0.29) is 6.61 Å². The summed E-state index contributed by atoms with van der Waals surface area (Å²) in [6.45, 7) is 2.82. The molecule has 8 heteroatoms. The van der Waals surface area contributed by atoms with Crippen molar-refractivity contribution >= 4 is 0 Å². The Kier molecular flexibility index (Phi) is 3.14. The normalized spacial score (nSPS) is 43.8. The van der Waals surface area contributed by atoms with Gasteiger partial charge in [-0.2, -0.15) is 13.2 Å². The molecule has 2 fully saturated rings. The lowest BCUT2D eigenvalue weighted by molar-refractivity contribution is -0.385. The lowest BCUT2D eigenvalue weighted by Crippen LogP contribution is -2.69. The Labute approximate surface area is 102 Å². The van der Waals surface area contributed by atoms with E-state index in [2.05, 4.69) is 4.74 Å². The summed E-state index contributed by atoms with van der Waals surface area (Å²) in [6, 6.07) is 0. The van der Waals surface area contributed by atoms with Gasteiger partial charge in [-0.15, -0.1) is 0 Å². The predicted molar refractivity (Wildman–Crippen MR) is 51.6 cm³/mol. The first-order valence-electron chi connectivity index (χ1n) is 5.41. The van der Waals surface area contributed by atoms with Gasteiger partial charge in [0.15, 0.2) is 12.1 Å². The highest BCUT2D eigenvalue weighted by Crippen LogP contribution is 2.47. The molecule has 4 atom stereocenters. The summed E-state index contributed by atoms with van der Waals surface area (Å²) < 4.78 is 59.2. The van der Waals surface area contributed by atoms with Crippen LogP contribution in [0.1, 0.15) is 13.8 Å². The lowest BCUT2D eigenvalue weighted by atomic mass is 9.89. The van der Waals surface area contributed by atoms with E-state index in [9.17, 15) is 18.3 Å². The van der Waals surface area contributed by atoms with Gasteiger partial charge in [-0.3, -0.25) is 0 Å². The number of fused-ring (bicyclic) bond motifs is 1. The molecule has 0 aromatic rings. The number of methoxy groups -OCH3 is 1. The van der Waals surface area contributed by atoms with Crippen LogP contribution >= 0.6 is 0 Å². The van der Waals surface area contributed by atoms with Crippen molar-refractivity contribution in [1.82, 2.24) is 0 Å². The van der Waals surface area contributed by atoms with Gasteiger partial charge in [-0.25, -0.2) is 0 Å². The van der Waals surface area contributed by atoms with E-state index in [1.807, 2.05) is 0 Å². The summed E-state index contributed by atoms with van der Waals surface area (Å²) in [6.07, 6.45) is -9.36. The summed E-state index contributed by atoms with van der Waals surface area (Å²) in [5, 5.41) is 9.99. The maximum absolute atomic E-state index is 13.1. The smallest absolute Gasteiger partial charge is 0.375 e. The van der Waals surface area contributed by atoms with Gasteiger partial charge in [-0.05, 0) is 13.8 Å². The van der Waals surface area contributed by atoms with Crippen molar-refractivity contribution in [2.45, 2.75) is 49.9 Å². The first kappa shape index (κ1) is 14.0. The number of aliphatic hydroxyl groups is 1. The molecule has 2 saturated heterocycles. The average molecular weight is 272 g/mol. The second-order valence-electron chi connectivity index (χ2n) is 4.82. The van der Waals surface area contributed by atoms with Crippen molar-refractivity contribution in [2.24, 2.45) is 0 Å². The molecule has 2 aliphatic heterocycles. The van der Waals surface area contributed by atoms with E-state index in [4.69, 9.17) is 14.2 Å². The maximum Gasteiger partial charge on any atom is 0.425 e. The molecule has 1 N–H and O–H groups in total. The third kappa shape index (κ3) is 1.92. The first-order chi connectivity index (χ1) is 8.12.